The van der Waals surface area contributed by atoms with Gasteiger partial charge in [0.25, 0.3) is 5.91 Å². The van der Waals surface area contributed by atoms with Crippen molar-refractivity contribution in [1.29, 1.82) is 0 Å². The number of anilines is 1. The number of hydrogen-bond donors (Lipinski definition) is 2. The third-order valence-electron chi connectivity index (χ3n) is 4.06. The lowest BCUT2D eigenvalue weighted by molar-refractivity contribution is -0.143. The van der Waals surface area contributed by atoms with E-state index >= 15 is 0 Å². The maximum absolute atomic E-state index is 11.8. The molecule has 0 saturated carbocycles. The first-order valence-corrected chi connectivity index (χ1v) is 9.43. The number of nitrogen functional groups attached to an aromatic ring is 1. The second-order valence-corrected chi connectivity index (χ2v) is 6.22. The van der Waals surface area contributed by atoms with Gasteiger partial charge in [-0.05, 0) is 56.2 Å². The molecule has 2 heterocycles. The van der Waals surface area contributed by atoms with E-state index in [2.05, 4.69) is 10.3 Å². The average Bonchev–Trinajstić information content (AvgIpc) is 3.10. The van der Waals surface area contributed by atoms with Crippen LogP contribution in [0.15, 0.2) is 42.6 Å². The van der Waals surface area contributed by atoms with Gasteiger partial charge in [0.15, 0.2) is 0 Å². The Kier molecular flexibility index (Phi) is 8.27. The summed E-state index contributed by atoms with van der Waals surface area (Å²) in [5.74, 6) is 1.11. The molecule has 1 atom stereocenters. The number of pyridine rings is 1. The summed E-state index contributed by atoms with van der Waals surface area (Å²) in [6.07, 6.45) is 3.35. The lowest BCUT2D eigenvalue weighted by atomic mass is 10.0. The molecule has 1 aromatic heterocycles. The molecule has 0 bridgehead atoms. The van der Waals surface area contributed by atoms with E-state index in [1.54, 1.807) is 25.3 Å². The number of carbonyl (C=O) groups is 2. The number of benzene rings is 1. The van der Waals surface area contributed by atoms with Gasteiger partial charge in [0, 0.05) is 31.1 Å². The van der Waals surface area contributed by atoms with Crippen LogP contribution in [0.4, 0.5) is 5.82 Å². The second kappa shape index (κ2) is 10.9. The summed E-state index contributed by atoms with van der Waals surface area (Å²) in [5.41, 5.74) is 6.91. The summed E-state index contributed by atoms with van der Waals surface area (Å²) in [4.78, 5) is 26.9. The molecule has 28 heavy (non-hydrogen) atoms. The molecule has 0 saturated heterocycles. The number of nitrogens with zero attached hydrogens (tertiary/aromatic N) is 1. The molecule has 0 spiro atoms. The number of esters is 1. The summed E-state index contributed by atoms with van der Waals surface area (Å²) in [7, 11) is 0. The molecule has 0 fully saturated rings. The predicted molar refractivity (Wildman–Crippen MR) is 107 cm³/mol. The Labute approximate surface area is 165 Å². The van der Waals surface area contributed by atoms with Gasteiger partial charge in [0.2, 0.25) is 0 Å². The van der Waals surface area contributed by atoms with Crippen molar-refractivity contribution in [3.8, 4) is 5.75 Å². The van der Waals surface area contributed by atoms with Gasteiger partial charge < -0.3 is 20.5 Å². The molecule has 7 nitrogen and oxygen atoms in total. The van der Waals surface area contributed by atoms with Crippen molar-refractivity contribution in [2.24, 2.45) is 0 Å². The van der Waals surface area contributed by atoms with Crippen LogP contribution >= 0.6 is 0 Å². The number of amides is 1. The van der Waals surface area contributed by atoms with Crippen molar-refractivity contribution in [2.75, 3.05) is 18.9 Å². The highest BCUT2D eigenvalue weighted by Gasteiger charge is 2.24. The van der Waals surface area contributed by atoms with Gasteiger partial charge in [-0.15, -0.1) is 0 Å². The van der Waals surface area contributed by atoms with Crippen molar-refractivity contribution in [3.63, 3.8) is 0 Å². The molecule has 3 N–H and O–H groups in total. The number of ether oxygens (including phenoxy) is 2. The van der Waals surface area contributed by atoms with Crippen LogP contribution in [0.3, 0.4) is 0 Å². The largest absolute Gasteiger partial charge is 0.490 e. The maximum Gasteiger partial charge on any atom is 0.305 e. The van der Waals surface area contributed by atoms with Gasteiger partial charge in [-0.1, -0.05) is 6.07 Å². The van der Waals surface area contributed by atoms with Gasteiger partial charge in [-0.3, -0.25) is 9.59 Å². The van der Waals surface area contributed by atoms with E-state index in [-0.39, 0.29) is 18.0 Å². The molecule has 0 aliphatic carbocycles. The predicted octanol–water partition coefficient (Wildman–Crippen LogP) is 2.75. The summed E-state index contributed by atoms with van der Waals surface area (Å²) in [5, 5.41) is 2.78. The standard InChI is InChI=1S/C16H21NO4.C5H6N2/c1-3-17-16(19)11-5-7-14-12(9-11)10-13(21-14)6-8-15(18)20-4-2;6-5-3-1-2-4-7-5/h5,7,9,13H,3-4,6,8,10H2,1-2H3,(H,17,19);1-4H,(H2,6,7). The van der Waals surface area contributed by atoms with Gasteiger partial charge >= 0.3 is 5.97 Å². The number of hydrogen-bond acceptors (Lipinski definition) is 6. The minimum atomic E-state index is -0.194. The van der Waals surface area contributed by atoms with Crippen molar-refractivity contribution < 1.29 is 19.1 Å². The molecule has 0 radical (unpaired) electrons. The third-order valence-corrected chi connectivity index (χ3v) is 4.06. The number of nitrogens with one attached hydrogen (secondary N) is 1. The molecule has 1 aromatic carbocycles. The average molecular weight is 385 g/mol. The van der Waals surface area contributed by atoms with Crippen LogP contribution < -0.4 is 15.8 Å². The van der Waals surface area contributed by atoms with Crippen LogP contribution in [0.1, 0.15) is 42.6 Å². The fraction of sp³-hybridized carbons (Fsp3) is 0.381. The van der Waals surface area contributed by atoms with E-state index in [0.717, 1.165) is 17.7 Å². The third kappa shape index (κ3) is 6.57. The lowest BCUT2D eigenvalue weighted by Crippen LogP contribution is -2.22. The highest BCUT2D eigenvalue weighted by Crippen LogP contribution is 2.31. The minimum Gasteiger partial charge on any atom is -0.490 e. The SMILES string of the molecule is CCNC(=O)c1ccc2c(c1)CC(CCC(=O)OCC)O2.Nc1ccccn1. The van der Waals surface area contributed by atoms with Crippen molar-refractivity contribution in [2.45, 2.75) is 39.2 Å². The smallest absolute Gasteiger partial charge is 0.305 e. The monoisotopic (exact) mass is 385 g/mol. The van der Waals surface area contributed by atoms with Crippen molar-refractivity contribution in [3.05, 3.63) is 53.7 Å². The molecule has 3 rings (SSSR count). The molecular weight excluding hydrogens is 358 g/mol. The number of rotatable bonds is 6. The first kappa shape index (κ1) is 21.2. The summed E-state index contributed by atoms with van der Waals surface area (Å²) < 4.78 is 10.7. The molecule has 150 valence electrons. The van der Waals surface area contributed by atoms with Crippen LogP contribution in [0, 0.1) is 0 Å². The van der Waals surface area contributed by atoms with E-state index in [4.69, 9.17) is 15.2 Å². The zero-order valence-electron chi connectivity index (χ0n) is 16.3. The minimum absolute atomic E-state index is 0.0195. The first-order valence-electron chi connectivity index (χ1n) is 9.43. The van der Waals surface area contributed by atoms with Gasteiger partial charge in [-0.25, -0.2) is 4.98 Å². The molecule has 1 aliphatic heterocycles. The van der Waals surface area contributed by atoms with E-state index in [1.165, 1.54) is 0 Å². The van der Waals surface area contributed by atoms with Crippen molar-refractivity contribution >= 4 is 17.7 Å². The molecule has 7 heteroatoms. The Morgan fingerprint density at radius 1 is 1.29 bits per heavy atom. The highest BCUT2D eigenvalue weighted by atomic mass is 16.5. The highest BCUT2D eigenvalue weighted by molar-refractivity contribution is 5.94. The molecule has 2 aromatic rings. The topological polar surface area (TPSA) is 104 Å². The van der Waals surface area contributed by atoms with Crippen LogP contribution in [0.5, 0.6) is 5.75 Å². The molecular formula is C21H27N3O4. The van der Waals surface area contributed by atoms with Crippen LogP contribution in [0.2, 0.25) is 0 Å². The number of aromatic nitrogens is 1. The number of fused-ring (bicyclic) bond motifs is 1. The quantitative estimate of drug-likeness (QED) is 0.741. The zero-order valence-corrected chi connectivity index (χ0v) is 16.3. The Hall–Kier alpha value is -3.09. The lowest BCUT2D eigenvalue weighted by Gasteiger charge is -2.09. The van der Waals surface area contributed by atoms with E-state index in [1.807, 2.05) is 31.2 Å². The summed E-state index contributed by atoms with van der Waals surface area (Å²) >= 11 is 0. The van der Waals surface area contributed by atoms with Crippen LogP contribution in [0.25, 0.3) is 0 Å². The van der Waals surface area contributed by atoms with Crippen LogP contribution in [-0.2, 0) is 16.0 Å². The summed E-state index contributed by atoms with van der Waals surface area (Å²) in [6, 6.07) is 10.9. The van der Waals surface area contributed by atoms with Gasteiger partial charge in [0.05, 0.1) is 6.61 Å². The van der Waals surface area contributed by atoms with Crippen LogP contribution in [-0.4, -0.2) is 36.1 Å². The molecule has 1 unspecified atom stereocenters. The fourth-order valence-electron chi connectivity index (χ4n) is 2.77. The van der Waals surface area contributed by atoms with E-state index < -0.39 is 0 Å². The normalized spacial score (nSPS) is 14.1. The second-order valence-electron chi connectivity index (χ2n) is 6.22. The number of carbonyl (C=O) groups excluding carboxylic acids is 2. The Balaban J connectivity index is 0.000000336. The first-order chi connectivity index (χ1) is 13.5. The zero-order chi connectivity index (χ0) is 20.4. The Morgan fingerprint density at radius 3 is 2.71 bits per heavy atom. The number of nitrogens with two attached hydrogens (primary N) is 1. The van der Waals surface area contributed by atoms with E-state index in [0.29, 0.717) is 37.4 Å². The van der Waals surface area contributed by atoms with Crippen molar-refractivity contribution in [1.82, 2.24) is 10.3 Å². The Bertz CT molecular complexity index is 780. The fourth-order valence-corrected chi connectivity index (χ4v) is 2.77. The van der Waals surface area contributed by atoms with Gasteiger partial charge in [-0.2, -0.15) is 0 Å². The van der Waals surface area contributed by atoms with Gasteiger partial charge in [0.1, 0.15) is 17.7 Å². The molecule has 1 amide bonds. The maximum atomic E-state index is 11.8. The summed E-state index contributed by atoms with van der Waals surface area (Å²) in [6.45, 7) is 4.69. The molecule has 1 aliphatic rings. The Morgan fingerprint density at radius 2 is 2.11 bits per heavy atom. The van der Waals surface area contributed by atoms with E-state index in [9.17, 15) is 9.59 Å².